The molecule has 2 aromatic carbocycles. The van der Waals surface area contributed by atoms with Crippen molar-refractivity contribution >= 4 is 55.7 Å². The van der Waals surface area contributed by atoms with Crippen molar-refractivity contribution in [2.45, 2.75) is 19.4 Å². The van der Waals surface area contributed by atoms with Crippen molar-refractivity contribution in [3.63, 3.8) is 0 Å². The molecule has 0 saturated carbocycles. The molecule has 7 nitrogen and oxygen atoms in total. The second-order valence-corrected chi connectivity index (χ2v) is 11.5. The SMILES string of the molecule is Cc1nn(C2CCS(=O)(=O)C2)c2nc(-c3ccc(F)cc3)cc(C(=O)Nc3cc(Cl)ccc3Cl)c12. The van der Waals surface area contributed by atoms with Crippen LogP contribution in [0.5, 0.6) is 0 Å². The Kier molecular flexibility index (Phi) is 6.03. The van der Waals surface area contributed by atoms with Crippen molar-refractivity contribution in [3.8, 4) is 11.3 Å². The molecule has 1 fully saturated rings. The average molecular weight is 533 g/mol. The highest BCUT2D eigenvalue weighted by molar-refractivity contribution is 7.91. The van der Waals surface area contributed by atoms with Crippen molar-refractivity contribution in [2.24, 2.45) is 0 Å². The van der Waals surface area contributed by atoms with Gasteiger partial charge in [0, 0.05) is 10.6 Å². The van der Waals surface area contributed by atoms with E-state index in [4.69, 9.17) is 28.2 Å². The monoisotopic (exact) mass is 532 g/mol. The molecule has 35 heavy (non-hydrogen) atoms. The lowest BCUT2D eigenvalue weighted by atomic mass is 10.0. The summed E-state index contributed by atoms with van der Waals surface area (Å²) in [5.41, 5.74) is 2.53. The molecule has 1 atom stereocenters. The molecule has 180 valence electrons. The summed E-state index contributed by atoms with van der Waals surface area (Å²) in [6, 6.07) is 11.7. The zero-order valence-corrected chi connectivity index (χ0v) is 20.8. The molecule has 0 bridgehead atoms. The third-order valence-electron chi connectivity index (χ3n) is 5.95. The highest BCUT2D eigenvalue weighted by Gasteiger charge is 2.32. The van der Waals surface area contributed by atoms with Gasteiger partial charge in [0.2, 0.25) is 0 Å². The highest BCUT2D eigenvalue weighted by Crippen LogP contribution is 2.33. The van der Waals surface area contributed by atoms with Crippen molar-refractivity contribution in [3.05, 3.63) is 75.7 Å². The maximum Gasteiger partial charge on any atom is 0.256 e. The highest BCUT2D eigenvalue weighted by atomic mass is 35.5. The Morgan fingerprint density at radius 3 is 2.57 bits per heavy atom. The molecule has 4 aromatic rings. The van der Waals surface area contributed by atoms with Crippen molar-refractivity contribution in [1.82, 2.24) is 14.8 Å². The van der Waals surface area contributed by atoms with E-state index in [1.165, 1.54) is 12.1 Å². The van der Waals surface area contributed by atoms with Gasteiger partial charge in [0.15, 0.2) is 15.5 Å². The number of hydrogen-bond acceptors (Lipinski definition) is 5. The van der Waals surface area contributed by atoms with Gasteiger partial charge in [-0.3, -0.25) is 4.79 Å². The number of carbonyl (C=O) groups is 1. The molecule has 1 saturated heterocycles. The number of aromatic nitrogens is 3. The van der Waals surface area contributed by atoms with Crippen LogP contribution >= 0.6 is 23.2 Å². The first-order valence-electron chi connectivity index (χ1n) is 10.7. The second-order valence-electron chi connectivity index (χ2n) is 8.43. The Morgan fingerprint density at radius 1 is 1.14 bits per heavy atom. The molecule has 2 aromatic heterocycles. The average Bonchev–Trinajstić information content (AvgIpc) is 3.35. The van der Waals surface area contributed by atoms with Gasteiger partial charge in [-0.25, -0.2) is 22.5 Å². The van der Waals surface area contributed by atoms with Gasteiger partial charge < -0.3 is 5.32 Å². The predicted molar refractivity (Wildman–Crippen MR) is 134 cm³/mol. The maximum absolute atomic E-state index is 13.5. The van der Waals surface area contributed by atoms with E-state index in [2.05, 4.69) is 10.4 Å². The number of rotatable bonds is 4. The summed E-state index contributed by atoms with van der Waals surface area (Å²) < 4.78 is 39.4. The molecule has 3 heterocycles. The first-order valence-corrected chi connectivity index (χ1v) is 13.3. The summed E-state index contributed by atoms with van der Waals surface area (Å²) >= 11 is 12.3. The zero-order valence-electron chi connectivity index (χ0n) is 18.4. The van der Waals surface area contributed by atoms with Crippen LogP contribution in [0.25, 0.3) is 22.3 Å². The van der Waals surface area contributed by atoms with Crippen molar-refractivity contribution in [1.29, 1.82) is 0 Å². The number of pyridine rings is 1. The van der Waals surface area contributed by atoms with Gasteiger partial charge in [-0.2, -0.15) is 5.10 Å². The number of nitrogens with zero attached hydrogens (tertiary/aromatic N) is 3. The summed E-state index contributed by atoms with van der Waals surface area (Å²) in [6.45, 7) is 1.74. The third-order valence-corrected chi connectivity index (χ3v) is 8.27. The normalized spacial score (nSPS) is 17.1. The number of fused-ring (bicyclic) bond motifs is 1. The van der Waals surface area contributed by atoms with Crippen LogP contribution in [-0.2, 0) is 9.84 Å². The Labute approximate surface area is 210 Å². The van der Waals surface area contributed by atoms with Gasteiger partial charge in [-0.15, -0.1) is 0 Å². The molecule has 0 radical (unpaired) electrons. The summed E-state index contributed by atoms with van der Waals surface area (Å²) in [7, 11) is -3.18. The lowest BCUT2D eigenvalue weighted by molar-refractivity contribution is 0.102. The van der Waals surface area contributed by atoms with Crippen LogP contribution in [0, 0.1) is 12.7 Å². The summed E-state index contributed by atoms with van der Waals surface area (Å²) in [5.74, 6) is -0.853. The van der Waals surface area contributed by atoms with E-state index in [1.54, 1.807) is 48.0 Å². The molecule has 1 N–H and O–H groups in total. The third kappa shape index (κ3) is 4.63. The smallest absolute Gasteiger partial charge is 0.256 e. The quantitative estimate of drug-likeness (QED) is 0.376. The topological polar surface area (TPSA) is 93.9 Å². The summed E-state index contributed by atoms with van der Waals surface area (Å²) in [5, 5.41) is 8.58. The molecular weight excluding hydrogens is 514 g/mol. The van der Waals surface area contributed by atoms with Crippen LogP contribution in [0.3, 0.4) is 0 Å². The van der Waals surface area contributed by atoms with E-state index in [1.807, 2.05) is 0 Å². The van der Waals surface area contributed by atoms with E-state index < -0.39 is 27.6 Å². The standard InChI is InChI=1S/C24H19Cl2FN4O3S/c1-13-22-18(24(32)29-21-10-15(25)4-7-19(21)26)11-20(14-2-5-16(27)6-3-14)28-23(22)31(30-13)17-8-9-35(33,34)12-17/h2-7,10-11,17H,8-9,12H2,1H3,(H,29,32). The Bertz CT molecular complexity index is 1590. The summed E-state index contributed by atoms with van der Waals surface area (Å²) in [4.78, 5) is 18.2. The number of halogens is 3. The Hall–Kier alpha value is -3.01. The fourth-order valence-corrected chi connectivity index (χ4v) is 6.30. The van der Waals surface area contributed by atoms with Crippen molar-refractivity contribution < 1.29 is 17.6 Å². The number of carbonyl (C=O) groups excluding carboxylic acids is 1. The number of anilines is 1. The molecule has 5 rings (SSSR count). The lowest BCUT2D eigenvalue weighted by Crippen LogP contribution is -2.15. The van der Waals surface area contributed by atoms with Gasteiger partial charge >= 0.3 is 0 Å². The van der Waals surface area contributed by atoms with Gasteiger partial charge in [0.25, 0.3) is 5.91 Å². The van der Waals surface area contributed by atoms with Crippen LogP contribution in [-0.4, -0.2) is 40.6 Å². The molecule has 0 spiro atoms. The number of amides is 1. The maximum atomic E-state index is 13.5. The van der Waals surface area contributed by atoms with Crippen LogP contribution in [0.1, 0.15) is 28.5 Å². The first-order chi connectivity index (χ1) is 16.6. The van der Waals surface area contributed by atoms with Gasteiger partial charge in [0.05, 0.1) is 50.6 Å². The molecule has 1 aliphatic heterocycles. The van der Waals surface area contributed by atoms with E-state index in [0.29, 0.717) is 50.1 Å². The minimum Gasteiger partial charge on any atom is -0.321 e. The molecule has 11 heteroatoms. The van der Waals surface area contributed by atoms with Gasteiger partial charge in [-0.05, 0) is 61.9 Å². The molecule has 1 aliphatic rings. The van der Waals surface area contributed by atoms with Gasteiger partial charge in [0.1, 0.15) is 5.82 Å². The molecule has 0 aliphatic carbocycles. The second kappa shape index (κ2) is 8.89. The van der Waals surface area contributed by atoms with E-state index in [0.717, 1.165) is 0 Å². The van der Waals surface area contributed by atoms with Crippen LogP contribution in [0.15, 0.2) is 48.5 Å². The largest absolute Gasteiger partial charge is 0.321 e. The van der Waals surface area contributed by atoms with Crippen LogP contribution < -0.4 is 5.32 Å². The Balaban J connectivity index is 1.69. The molecule has 1 unspecified atom stereocenters. The van der Waals surface area contributed by atoms with Gasteiger partial charge in [-0.1, -0.05) is 23.2 Å². The number of hydrogen-bond donors (Lipinski definition) is 1. The number of aryl methyl sites for hydroxylation is 1. The fourth-order valence-electron chi connectivity index (χ4n) is 4.27. The van der Waals surface area contributed by atoms with E-state index in [-0.39, 0.29) is 17.1 Å². The molecular formula is C24H19Cl2FN4O3S. The van der Waals surface area contributed by atoms with E-state index in [9.17, 15) is 17.6 Å². The minimum atomic E-state index is -3.18. The predicted octanol–water partition coefficient (Wildman–Crippen LogP) is 5.46. The molecule has 1 amide bonds. The fraction of sp³-hybridized carbons (Fsp3) is 0.208. The zero-order chi connectivity index (χ0) is 24.9. The Morgan fingerprint density at radius 2 is 1.89 bits per heavy atom. The van der Waals surface area contributed by atoms with Crippen molar-refractivity contribution in [2.75, 3.05) is 16.8 Å². The number of benzene rings is 2. The minimum absolute atomic E-state index is 0.0503. The first kappa shape index (κ1) is 23.7. The van der Waals surface area contributed by atoms with Crippen LogP contribution in [0.2, 0.25) is 10.0 Å². The lowest BCUT2D eigenvalue weighted by Gasteiger charge is -2.13. The summed E-state index contributed by atoms with van der Waals surface area (Å²) in [6.07, 6.45) is 0.403. The number of sulfone groups is 1. The van der Waals surface area contributed by atoms with E-state index >= 15 is 0 Å². The van der Waals surface area contributed by atoms with Crippen LogP contribution in [0.4, 0.5) is 10.1 Å². The number of nitrogens with one attached hydrogen (secondary N) is 1.